The molecule has 19 heteroatoms. The van der Waals surface area contributed by atoms with E-state index in [0.29, 0.717) is 12.8 Å². The highest BCUT2D eigenvalue weighted by Gasteiger charge is 2.53. The Labute approximate surface area is 554 Å². The van der Waals surface area contributed by atoms with Crippen LogP contribution < -0.4 is 5.32 Å². The molecule has 1 amide bonds. The van der Waals surface area contributed by atoms with Crippen LogP contribution in [-0.2, 0) is 33.2 Å². The van der Waals surface area contributed by atoms with Gasteiger partial charge in [0.15, 0.2) is 18.9 Å². The number of aliphatic hydroxyl groups excluding tert-OH is 11. The van der Waals surface area contributed by atoms with E-state index in [2.05, 4.69) is 67.8 Å². The zero-order chi connectivity index (χ0) is 66.8. The first-order valence-corrected chi connectivity index (χ1v) is 36.5. The van der Waals surface area contributed by atoms with Gasteiger partial charge in [0.1, 0.15) is 73.2 Å². The van der Waals surface area contributed by atoms with Gasteiger partial charge in [-0.05, 0) is 77.0 Å². The minimum Gasteiger partial charge on any atom is -0.394 e. The number of allylic oxidation sites excluding steroid dienone is 9. The smallest absolute Gasteiger partial charge is 0.220 e. The maximum Gasteiger partial charge on any atom is 0.220 e. The van der Waals surface area contributed by atoms with Crippen LogP contribution in [0.5, 0.6) is 0 Å². The first-order chi connectivity index (χ1) is 44.8. The van der Waals surface area contributed by atoms with Crippen LogP contribution >= 0.6 is 0 Å². The summed E-state index contributed by atoms with van der Waals surface area (Å²) in [6.07, 6.45) is 40.8. The van der Waals surface area contributed by atoms with Crippen LogP contribution in [0.2, 0.25) is 0 Å². The molecule has 92 heavy (non-hydrogen) atoms. The van der Waals surface area contributed by atoms with Gasteiger partial charge in [0, 0.05) is 6.42 Å². The third-order valence-corrected chi connectivity index (χ3v) is 18.0. The summed E-state index contributed by atoms with van der Waals surface area (Å²) in [6, 6.07) is -1.01. The lowest BCUT2D eigenvalue weighted by atomic mass is 9.96. The fourth-order valence-electron chi connectivity index (χ4n) is 12.1. The van der Waals surface area contributed by atoms with Crippen molar-refractivity contribution in [1.29, 1.82) is 0 Å². The summed E-state index contributed by atoms with van der Waals surface area (Å²) < 4.78 is 34.3. The SMILES string of the molecule is CCCCCC/C=C\C/C=C\CCCCCCCC(=O)NC(COC1OC(CO)C(OC2OC(CO)C(OC3OC(CO)C(O)C(O)C3O)C(O)C2O)C(O)C1O)C(O)/C=C/CC/C=C/CC/C=C/CCCCCCCCCCCCCCCCCCCCCCC. The van der Waals surface area contributed by atoms with Gasteiger partial charge in [0.05, 0.1) is 38.6 Å². The van der Waals surface area contributed by atoms with Gasteiger partial charge < -0.3 is 89.9 Å². The van der Waals surface area contributed by atoms with E-state index in [-0.39, 0.29) is 18.9 Å². The van der Waals surface area contributed by atoms with Gasteiger partial charge in [0.2, 0.25) is 5.91 Å². The van der Waals surface area contributed by atoms with Crippen molar-refractivity contribution in [1.82, 2.24) is 5.32 Å². The number of rotatable bonds is 56. The summed E-state index contributed by atoms with van der Waals surface area (Å²) in [4.78, 5) is 13.4. The number of ether oxygens (including phenoxy) is 6. The van der Waals surface area contributed by atoms with Crippen molar-refractivity contribution < 1.29 is 89.4 Å². The highest BCUT2D eigenvalue weighted by atomic mass is 16.8. The lowest BCUT2D eigenvalue weighted by Crippen LogP contribution is -2.66. The molecule has 0 spiro atoms. The number of amides is 1. The van der Waals surface area contributed by atoms with Crippen molar-refractivity contribution in [3.05, 3.63) is 60.8 Å². The Morgan fingerprint density at radius 3 is 1.16 bits per heavy atom. The summed E-state index contributed by atoms with van der Waals surface area (Å²) in [5.41, 5.74) is 0. The number of carbonyl (C=O) groups excluding carboxylic acids is 1. The Morgan fingerprint density at radius 2 is 0.728 bits per heavy atom. The van der Waals surface area contributed by atoms with Crippen LogP contribution in [0.15, 0.2) is 60.8 Å². The quantitative estimate of drug-likeness (QED) is 0.0199. The molecule has 0 saturated carbocycles. The van der Waals surface area contributed by atoms with Gasteiger partial charge in [-0.2, -0.15) is 0 Å². The minimum atomic E-state index is -1.99. The summed E-state index contributed by atoms with van der Waals surface area (Å²) in [6.45, 7) is 1.69. The third-order valence-electron chi connectivity index (χ3n) is 18.0. The first kappa shape index (κ1) is 83.7. The maximum absolute atomic E-state index is 13.4. The number of aliphatic hydroxyl groups is 11. The van der Waals surface area contributed by atoms with Crippen molar-refractivity contribution in [2.45, 2.75) is 369 Å². The Bertz CT molecular complexity index is 1900. The van der Waals surface area contributed by atoms with E-state index in [9.17, 15) is 61.0 Å². The molecule has 0 radical (unpaired) electrons. The highest BCUT2D eigenvalue weighted by Crippen LogP contribution is 2.33. The molecule has 3 heterocycles. The third kappa shape index (κ3) is 35.7. The molecular weight excluding hydrogens is 1180 g/mol. The first-order valence-electron chi connectivity index (χ1n) is 36.5. The van der Waals surface area contributed by atoms with E-state index >= 15 is 0 Å². The number of unbranched alkanes of at least 4 members (excludes halogenated alkanes) is 32. The van der Waals surface area contributed by atoms with Gasteiger partial charge in [0.25, 0.3) is 0 Å². The van der Waals surface area contributed by atoms with Gasteiger partial charge in [-0.15, -0.1) is 0 Å². The van der Waals surface area contributed by atoms with Crippen LogP contribution in [-0.4, -0.2) is 193 Å². The summed E-state index contributed by atoms with van der Waals surface area (Å²) in [5.74, 6) is -0.303. The van der Waals surface area contributed by atoms with Crippen molar-refractivity contribution in [3.63, 3.8) is 0 Å². The second kappa shape index (κ2) is 54.5. The lowest BCUT2D eigenvalue weighted by molar-refractivity contribution is -0.379. The van der Waals surface area contributed by atoms with Crippen molar-refractivity contribution in [2.75, 3.05) is 26.4 Å². The molecule has 0 aromatic rings. The summed E-state index contributed by atoms with van der Waals surface area (Å²) in [5, 5.41) is 120. The van der Waals surface area contributed by atoms with E-state index < -0.39 is 124 Å². The lowest BCUT2D eigenvalue weighted by Gasteiger charge is -2.48. The number of carbonyl (C=O) groups is 1. The second-order valence-electron chi connectivity index (χ2n) is 26.0. The predicted molar refractivity (Wildman–Crippen MR) is 360 cm³/mol. The Hall–Kier alpha value is -2.51. The van der Waals surface area contributed by atoms with Crippen LogP contribution in [0.1, 0.15) is 264 Å². The Morgan fingerprint density at radius 1 is 0.391 bits per heavy atom. The fourth-order valence-corrected chi connectivity index (χ4v) is 12.1. The number of nitrogens with one attached hydrogen (secondary N) is 1. The summed E-state index contributed by atoms with van der Waals surface area (Å²) in [7, 11) is 0. The van der Waals surface area contributed by atoms with E-state index in [4.69, 9.17) is 28.4 Å². The average molecular weight is 1310 g/mol. The molecule has 3 aliphatic heterocycles. The molecule has 0 aliphatic carbocycles. The van der Waals surface area contributed by atoms with Gasteiger partial charge in [-0.1, -0.05) is 242 Å². The molecule has 17 unspecified atom stereocenters. The molecular formula is C73H131NO18. The topological polar surface area (TPSA) is 307 Å². The van der Waals surface area contributed by atoms with Crippen molar-refractivity contribution in [2.24, 2.45) is 0 Å². The second-order valence-corrected chi connectivity index (χ2v) is 26.0. The zero-order valence-electron chi connectivity index (χ0n) is 56.8. The molecule has 0 aromatic heterocycles. The highest BCUT2D eigenvalue weighted by molar-refractivity contribution is 5.76. The van der Waals surface area contributed by atoms with Gasteiger partial charge in [-0.25, -0.2) is 0 Å². The van der Waals surface area contributed by atoms with Crippen molar-refractivity contribution >= 4 is 5.91 Å². The number of hydrogen-bond acceptors (Lipinski definition) is 18. The van der Waals surface area contributed by atoms with Crippen LogP contribution in [0.25, 0.3) is 0 Å². The maximum atomic E-state index is 13.4. The number of hydrogen-bond donors (Lipinski definition) is 12. The van der Waals surface area contributed by atoms with E-state index in [1.54, 1.807) is 6.08 Å². The van der Waals surface area contributed by atoms with E-state index in [1.807, 2.05) is 6.08 Å². The van der Waals surface area contributed by atoms with Gasteiger partial charge >= 0.3 is 0 Å². The Balaban J connectivity index is 1.42. The van der Waals surface area contributed by atoms with Crippen LogP contribution in [0.4, 0.5) is 0 Å². The zero-order valence-corrected chi connectivity index (χ0v) is 56.8. The fraction of sp³-hybridized carbons (Fsp3) is 0.849. The largest absolute Gasteiger partial charge is 0.394 e. The molecule has 0 bridgehead atoms. The molecule has 12 N–H and O–H groups in total. The van der Waals surface area contributed by atoms with Crippen LogP contribution in [0, 0.1) is 0 Å². The standard InChI is InChI=1S/C73H131NO18/c1-3-5-7-9-11-13-15-17-19-21-22-23-24-25-26-27-28-29-30-31-32-33-34-35-36-38-40-42-44-46-48-50-57(78)56(74-61(79)51-49-47-45-43-41-39-37-20-18-16-14-12-10-8-6-4-2)55-87-71-67(85)64(82)69(59(53-76)89-71)92-73-68(86)65(83)70(60(54-77)90-73)91-72-66(84)63(81)62(80)58(52-75)88-72/h14,16,20,34-35,37,40,42,48,50,56-60,62-73,75-78,80-86H,3-13,15,17-19,21-33,36,38-39,41,43-47,49,51-55H2,1-2H3,(H,74,79)/b16-14-,35-34+,37-20-,42-40+,50-48+. The van der Waals surface area contributed by atoms with E-state index in [0.717, 1.165) is 70.6 Å². The molecule has 3 aliphatic rings. The Kier molecular flexibility index (Phi) is 49.6. The molecule has 536 valence electrons. The molecule has 3 saturated heterocycles. The average Bonchev–Trinajstić information content (AvgIpc) is 0.808. The van der Waals surface area contributed by atoms with Crippen molar-refractivity contribution in [3.8, 4) is 0 Å². The molecule has 0 aromatic carbocycles. The monoisotopic (exact) mass is 1310 g/mol. The van der Waals surface area contributed by atoms with Gasteiger partial charge in [-0.3, -0.25) is 4.79 Å². The molecule has 17 atom stereocenters. The molecule has 19 nitrogen and oxygen atoms in total. The van der Waals surface area contributed by atoms with Crippen LogP contribution in [0.3, 0.4) is 0 Å². The normalized spacial score (nSPS) is 28.0. The summed E-state index contributed by atoms with van der Waals surface area (Å²) >= 11 is 0. The molecule has 3 fully saturated rings. The van der Waals surface area contributed by atoms with E-state index in [1.165, 1.54) is 161 Å². The molecule has 3 rings (SSSR count). The predicted octanol–water partition coefficient (Wildman–Crippen LogP) is 10.3. The minimum absolute atomic E-state index is 0.214.